The third-order valence-electron chi connectivity index (χ3n) is 4.77. The first kappa shape index (κ1) is 28.0. The Bertz CT molecular complexity index is 795. The predicted octanol–water partition coefficient (Wildman–Crippen LogP) is 3.15. The summed E-state index contributed by atoms with van der Waals surface area (Å²) in [4.78, 5) is 33.4. The lowest BCUT2D eigenvalue weighted by molar-refractivity contribution is -0.173. The van der Waals surface area contributed by atoms with E-state index in [1.165, 1.54) is 20.8 Å². The van der Waals surface area contributed by atoms with Crippen LogP contribution in [-0.4, -0.2) is 36.3 Å². The van der Waals surface area contributed by atoms with Crippen LogP contribution in [0.2, 0.25) is 0 Å². The minimum atomic E-state index is -5.24. The molecule has 1 rings (SSSR count). The summed E-state index contributed by atoms with van der Waals surface area (Å²) >= 11 is 0. The molecule has 0 spiro atoms. The minimum absolute atomic E-state index is 0.0364. The van der Waals surface area contributed by atoms with Gasteiger partial charge in [-0.25, -0.2) is 0 Å². The quantitative estimate of drug-likeness (QED) is 0.530. The number of benzene rings is 1. The van der Waals surface area contributed by atoms with Crippen LogP contribution in [0.25, 0.3) is 0 Å². The number of hydrogen-bond acceptors (Lipinski definition) is 3. The molecular weight excluding hydrogens is 477 g/mol. The second-order valence-electron chi connectivity index (χ2n) is 6.85. The first-order valence-corrected chi connectivity index (χ1v) is 8.93. The molecule has 0 saturated carbocycles. The standard InChI is InChI=1S/C18H18F9N3O3/c1-7-10(4-28-13(31)16(19,20)21)8(2)12(6-30-15(33)18(25,26)27)9(3)11(7)5-29-14(32)17(22,23)24/h4-6H2,1-3H3,(H,28,31)(H,29,32)(H,30,33). The highest BCUT2D eigenvalue weighted by atomic mass is 19.4. The third kappa shape index (κ3) is 7.25. The van der Waals surface area contributed by atoms with Crippen molar-refractivity contribution in [2.24, 2.45) is 0 Å². The molecule has 15 heteroatoms. The predicted molar refractivity (Wildman–Crippen MR) is 94.4 cm³/mol. The zero-order chi connectivity index (χ0) is 25.9. The number of nitrogens with one attached hydrogen (secondary N) is 3. The maximum absolute atomic E-state index is 12.5. The Morgan fingerprint density at radius 3 is 0.848 bits per heavy atom. The average molecular weight is 495 g/mol. The van der Waals surface area contributed by atoms with Crippen LogP contribution in [0.4, 0.5) is 39.5 Å². The fourth-order valence-electron chi connectivity index (χ4n) is 2.99. The van der Waals surface area contributed by atoms with Gasteiger partial charge in [0.25, 0.3) is 0 Å². The maximum Gasteiger partial charge on any atom is 0.471 e. The van der Waals surface area contributed by atoms with Gasteiger partial charge < -0.3 is 16.0 Å². The van der Waals surface area contributed by atoms with E-state index in [9.17, 15) is 53.9 Å². The Labute approximate surface area is 180 Å². The molecule has 0 aliphatic heterocycles. The molecule has 1 aromatic rings. The van der Waals surface area contributed by atoms with Crippen molar-refractivity contribution in [3.05, 3.63) is 33.4 Å². The molecule has 33 heavy (non-hydrogen) atoms. The van der Waals surface area contributed by atoms with E-state index >= 15 is 0 Å². The van der Waals surface area contributed by atoms with E-state index in [1.54, 1.807) is 16.0 Å². The van der Waals surface area contributed by atoms with Gasteiger partial charge in [0.2, 0.25) is 0 Å². The van der Waals surface area contributed by atoms with Crippen molar-refractivity contribution in [3.63, 3.8) is 0 Å². The van der Waals surface area contributed by atoms with Crippen molar-refractivity contribution in [2.75, 3.05) is 0 Å². The molecule has 0 bridgehead atoms. The molecule has 0 radical (unpaired) electrons. The van der Waals surface area contributed by atoms with Gasteiger partial charge in [-0.2, -0.15) is 39.5 Å². The molecule has 0 unspecified atom stereocenters. The highest BCUT2D eigenvalue weighted by Crippen LogP contribution is 2.29. The van der Waals surface area contributed by atoms with Gasteiger partial charge in [0.1, 0.15) is 0 Å². The molecule has 0 heterocycles. The van der Waals surface area contributed by atoms with Crippen molar-refractivity contribution < 1.29 is 53.9 Å². The van der Waals surface area contributed by atoms with Gasteiger partial charge in [-0.15, -0.1) is 0 Å². The van der Waals surface area contributed by atoms with Gasteiger partial charge in [-0.3, -0.25) is 14.4 Å². The first-order valence-electron chi connectivity index (χ1n) is 8.93. The number of alkyl halides is 9. The van der Waals surface area contributed by atoms with Gasteiger partial charge in [0.15, 0.2) is 0 Å². The molecule has 0 saturated heterocycles. The fraction of sp³-hybridized carbons (Fsp3) is 0.500. The van der Waals surface area contributed by atoms with Crippen LogP contribution in [0.3, 0.4) is 0 Å². The molecule has 186 valence electrons. The highest BCUT2D eigenvalue weighted by molar-refractivity contribution is 5.83. The highest BCUT2D eigenvalue weighted by Gasteiger charge is 2.40. The molecule has 0 fully saturated rings. The van der Waals surface area contributed by atoms with Crippen molar-refractivity contribution in [1.82, 2.24) is 16.0 Å². The number of rotatable bonds is 6. The Kier molecular flexibility index (Phi) is 8.38. The van der Waals surface area contributed by atoms with Gasteiger partial charge in [-0.1, -0.05) is 0 Å². The number of amides is 3. The number of carbonyl (C=O) groups is 3. The number of hydrogen-bond donors (Lipinski definition) is 3. The minimum Gasteiger partial charge on any atom is -0.344 e. The van der Waals surface area contributed by atoms with Gasteiger partial charge in [0.05, 0.1) is 0 Å². The molecule has 3 N–H and O–H groups in total. The van der Waals surface area contributed by atoms with Crippen LogP contribution in [0.5, 0.6) is 0 Å². The maximum atomic E-state index is 12.5. The molecule has 6 nitrogen and oxygen atoms in total. The van der Waals surface area contributed by atoms with Crippen LogP contribution in [0.1, 0.15) is 33.4 Å². The van der Waals surface area contributed by atoms with E-state index in [4.69, 9.17) is 0 Å². The van der Waals surface area contributed by atoms with Gasteiger partial charge in [-0.05, 0) is 54.2 Å². The van der Waals surface area contributed by atoms with Crippen LogP contribution in [-0.2, 0) is 34.0 Å². The first-order chi connectivity index (χ1) is 14.8. The summed E-state index contributed by atoms with van der Waals surface area (Å²) in [5, 5.41) is 4.72. The number of halogens is 9. The van der Waals surface area contributed by atoms with Crippen LogP contribution >= 0.6 is 0 Å². The van der Waals surface area contributed by atoms with Gasteiger partial charge >= 0.3 is 36.3 Å². The Hall–Kier alpha value is -3.00. The summed E-state index contributed by atoms with van der Waals surface area (Å²) in [7, 11) is 0. The molecule has 3 amide bonds. The van der Waals surface area contributed by atoms with E-state index < -0.39 is 55.9 Å². The van der Waals surface area contributed by atoms with Crippen molar-refractivity contribution in [2.45, 2.75) is 58.9 Å². The van der Waals surface area contributed by atoms with E-state index in [0.29, 0.717) is 0 Å². The van der Waals surface area contributed by atoms with Crippen molar-refractivity contribution in [1.29, 1.82) is 0 Å². The largest absolute Gasteiger partial charge is 0.471 e. The van der Waals surface area contributed by atoms with Crippen LogP contribution < -0.4 is 16.0 Å². The van der Waals surface area contributed by atoms with Crippen LogP contribution in [0.15, 0.2) is 0 Å². The third-order valence-corrected chi connectivity index (χ3v) is 4.77. The van der Waals surface area contributed by atoms with Crippen molar-refractivity contribution >= 4 is 17.7 Å². The summed E-state index contributed by atoms with van der Waals surface area (Å²) in [6.07, 6.45) is -15.7. The topological polar surface area (TPSA) is 87.3 Å². The van der Waals surface area contributed by atoms with Crippen molar-refractivity contribution in [3.8, 4) is 0 Å². The zero-order valence-electron chi connectivity index (χ0n) is 17.2. The second-order valence-corrected chi connectivity index (χ2v) is 6.85. The lowest BCUT2D eigenvalue weighted by Crippen LogP contribution is -2.38. The molecule has 0 atom stereocenters. The van der Waals surface area contributed by atoms with E-state index in [2.05, 4.69) is 0 Å². The molecular formula is C18H18F9N3O3. The SMILES string of the molecule is Cc1c(CNC(=O)C(F)(F)F)c(C)c(CNC(=O)C(F)(F)F)c(C)c1CNC(=O)C(F)(F)F. The van der Waals surface area contributed by atoms with Crippen LogP contribution in [0, 0.1) is 20.8 Å². The normalized spacial score (nSPS) is 12.4. The second kappa shape index (κ2) is 9.87. The Morgan fingerprint density at radius 2 is 0.697 bits per heavy atom. The van der Waals surface area contributed by atoms with E-state index in [-0.39, 0.29) is 33.4 Å². The number of carbonyl (C=O) groups excluding carboxylic acids is 3. The molecule has 1 aromatic carbocycles. The van der Waals surface area contributed by atoms with E-state index in [0.717, 1.165) is 0 Å². The Balaban J connectivity index is 3.42. The smallest absolute Gasteiger partial charge is 0.344 e. The average Bonchev–Trinajstić information content (AvgIpc) is 2.64. The summed E-state index contributed by atoms with van der Waals surface area (Å²) in [6.45, 7) is 1.58. The summed E-state index contributed by atoms with van der Waals surface area (Å²) in [5.74, 6) is -6.96. The lowest BCUT2D eigenvalue weighted by atomic mass is 9.87. The monoisotopic (exact) mass is 495 g/mol. The molecule has 0 aliphatic carbocycles. The zero-order valence-corrected chi connectivity index (χ0v) is 17.2. The van der Waals surface area contributed by atoms with Gasteiger partial charge in [0, 0.05) is 19.6 Å². The fourth-order valence-corrected chi connectivity index (χ4v) is 2.99. The lowest BCUT2D eigenvalue weighted by Gasteiger charge is -2.23. The summed E-state index contributed by atoms with van der Waals surface area (Å²) in [6, 6.07) is 0. The van der Waals surface area contributed by atoms with E-state index in [1.807, 2.05) is 0 Å². The molecule has 0 aliphatic rings. The molecule has 0 aromatic heterocycles. The summed E-state index contributed by atoms with van der Waals surface area (Å²) < 4.78 is 112. The summed E-state index contributed by atoms with van der Waals surface area (Å²) in [5.41, 5.74) is 0.185. The Morgan fingerprint density at radius 1 is 0.515 bits per heavy atom.